The average molecular weight is 330 g/mol. The highest BCUT2D eigenvalue weighted by Gasteiger charge is 2.38. The van der Waals surface area contributed by atoms with E-state index in [2.05, 4.69) is 10.1 Å². The van der Waals surface area contributed by atoms with Gasteiger partial charge in [0, 0.05) is 24.7 Å². The molecule has 0 aromatic heterocycles. The Labute approximate surface area is 141 Å². The minimum absolute atomic E-state index is 0.0744. The van der Waals surface area contributed by atoms with Crippen LogP contribution in [0.25, 0.3) is 0 Å². The number of carbonyl (C=O) groups excluding carboxylic acids is 3. The van der Waals surface area contributed by atoms with Gasteiger partial charge in [0.05, 0.1) is 18.6 Å². The maximum Gasteiger partial charge on any atom is 0.337 e. The molecule has 2 fully saturated rings. The molecule has 1 aliphatic heterocycles. The molecule has 6 heteroatoms. The Balaban J connectivity index is 1.63. The SMILES string of the molecule is COC(=O)c1cccc(NC(=O)[C@@H]2CC(=O)N(C3CCCC3)C2)c1. The van der Waals surface area contributed by atoms with E-state index in [-0.39, 0.29) is 24.2 Å². The first-order valence-electron chi connectivity index (χ1n) is 8.37. The molecular formula is C18H22N2O4. The summed E-state index contributed by atoms with van der Waals surface area (Å²) in [4.78, 5) is 38.1. The van der Waals surface area contributed by atoms with E-state index in [1.165, 1.54) is 7.11 Å². The third kappa shape index (κ3) is 3.42. The van der Waals surface area contributed by atoms with Crippen molar-refractivity contribution in [3.63, 3.8) is 0 Å². The van der Waals surface area contributed by atoms with Crippen LogP contribution in [-0.4, -0.2) is 42.4 Å². The van der Waals surface area contributed by atoms with Crippen molar-refractivity contribution in [1.82, 2.24) is 4.90 Å². The first-order valence-corrected chi connectivity index (χ1v) is 8.37. The molecule has 1 aliphatic carbocycles. The number of esters is 1. The summed E-state index contributed by atoms with van der Waals surface area (Å²) in [5, 5.41) is 2.81. The van der Waals surface area contributed by atoms with Crippen LogP contribution >= 0.6 is 0 Å². The number of likely N-dealkylation sites (tertiary alicyclic amines) is 1. The second kappa shape index (κ2) is 7.03. The largest absolute Gasteiger partial charge is 0.465 e. The van der Waals surface area contributed by atoms with E-state index < -0.39 is 5.97 Å². The third-order valence-corrected chi connectivity index (χ3v) is 4.85. The first kappa shape index (κ1) is 16.5. The van der Waals surface area contributed by atoms with Gasteiger partial charge in [-0.15, -0.1) is 0 Å². The molecule has 2 amide bonds. The quantitative estimate of drug-likeness (QED) is 0.859. The fourth-order valence-corrected chi connectivity index (χ4v) is 3.56. The number of nitrogens with one attached hydrogen (secondary N) is 1. The van der Waals surface area contributed by atoms with Gasteiger partial charge >= 0.3 is 5.97 Å². The Morgan fingerprint density at radius 3 is 2.71 bits per heavy atom. The number of hydrogen-bond donors (Lipinski definition) is 1. The fraction of sp³-hybridized carbons (Fsp3) is 0.500. The van der Waals surface area contributed by atoms with Crippen LogP contribution in [0.1, 0.15) is 42.5 Å². The predicted molar refractivity (Wildman–Crippen MR) is 88.5 cm³/mol. The van der Waals surface area contributed by atoms with E-state index in [4.69, 9.17) is 0 Å². The number of hydrogen-bond acceptors (Lipinski definition) is 4. The van der Waals surface area contributed by atoms with Gasteiger partial charge in [-0.2, -0.15) is 0 Å². The highest BCUT2D eigenvalue weighted by atomic mass is 16.5. The lowest BCUT2D eigenvalue weighted by molar-refractivity contribution is -0.129. The minimum atomic E-state index is -0.449. The molecule has 2 aliphatic rings. The molecule has 1 heterocycles. The lowest BCUT2D eigenvalue weighted by Crippen LogP contribution is -2.35. The summed E-state index contributed by atoms with van der Waals surface area (Å²) < 4.78 is 4.68. The molecule has 1 saturated heterocycles. The standard InChI is InChI=1S/C18H22N2O4/c1-24-18(23)12-5-4-6-14(9-12)19-17(22)13-10-16(21)20(11-13)15-7-2-3-8-15/h4-6,9,13,15H,2-3,7-8,10-11H2,1H3,(H,19,22)/t13-/m1/s1. The molecule has 128 valence electrons. The van der Waals surface area contributed by atoms with Crippen LogP contribution in [0.15, 0.2) is 24.3 Å². The van der Waals surface area contributed by atoms with Crippen LogP contribution in [0.2, 0.25) is 0 Å². The second-order valence-corrected chi connectivity index (χ2v) is 6.45. The Hall–Kier alpha value is -2.37. The van der Waals surface area contributed by atoms with Crippen molar-refractivity contribution < 1.29 is 19.1 Å². The van der Waals surface area contributed by atoms with Crippen molar-refractivity contribution >= 4 is 23.5 Å². The molecular weight excluding hydrogens is 308 g/mol. The monoisotopic (exact) mass is 330 g/mol. The highest BCUT2D eigenvalue weighted by Crippen LogP contribution is 2.30. The van der Waals surface area contributed by atoms with Crippen molar-refractivity contribution in [2.45, 2.75) is 38.1 Å². The van der Waals surface area contributed by atoms with Gasteiger partial charge in [-0.3, -0.25) is 9.59 Å². The summed E-state index contributed by atoms with van der Waals surface area (Å²) in [6.45, 7) is 0.492. The van der Waals surface area contributed by atoms with Crippen molar-refractivity contribution in [2.75, 3.05) is 19.0 Å². The lowest BCUT2D eigenvalue weighted by Gasteiger charge is -2.23. The maximum absolute atomic E-state index is 12.5. The fourth-order valence-electron chi connectivity index (χ4n) is 3.56. The third-order valence-electron chi connectivity index (χ3n) is 4.85. The van der Waals surface area contributed by atoms with Crippen LogP contribution in [0.4, 0.5) is 5.69 Å². The molecule has 24 heavy (non-hydrogen) atoms. The average Bonchev–Trinajstić information content (AvgIpc) is 3.23. The Morgan fingerprint density at radius 1 is 1.25 bits per heavy atom. The molecule has 0 radical (unpaired) electrons. The molecule has 1 atom stereocenters. The smallest absolute Gasteiger partial charge is 0.337 e. The number of nitrogens with zero attached hydrogens (tertiary/aromatic N) is 1. The molecule has 0 bridgehead atoms. The number of rotatable bonds is 4. The predicted octanol–water partition coefficient (Wildman–Crippen LogP) is 2.20. The number of methoxy groups -OCH3 is 1. The number of benzene rings is 1. The van der Waals surface area contributed by atoms with Gasteiger partial charge in [-0.25, -0.2) is 4.79 Å². The van der Waals surface area contributed by atoms with Crippen molar-refractivity contribution in [3.8, 4) is 0 Å². The number of carbonyl (C=O) groups is 3. The van der Waals surface area contributed by atoms with E-state index in [0.717, 1.165) is 25.7 Å². The van der Waals surface area contributed by atoms with Crippen molar-refractivity contribution in [3.05, 3.63) is 29.8 Å². The van der Waals surface area contributed by atoms with Gasteiger partial charge in [0.15, 0.2) is 0 Å². The minimum Gasteiger partial charge on any atom is -0.465 e. The van der Waals surface area contributed by atoms with E-state index in [9.17, 15) is 14.4 Å². The zero-order valence-electron chi connectivity index (χ0n) is 13.8. The van der Waals surface area contributed by atoms with Gasteiger partial charge < -0.3 is 15.0 Å². The van der Waals surface area contributed by atoms with E-state index in [1.807, 2.05) is 4.90 Å². The second-order valence-electron chi connectivity index (χ2n) is 6.45. The van der Waals surface area contributed by atoms with Crippen molar-refractivity contribution in [1.29, 1.82) is 0 Å². The zero-order chi connectivity index (χ0) is 17.1. The van der Waals surface area contributed by atoms with Crippen LogP contribution < -0.4 is 5.32 Å². The first-order chi connectivity index (χ1) is 11.6. The topological polar surface area (TPSA) is 75.7 Å². The Morgan fingerprint density at radius 2 is 2.00 bits per heavy atom. The Bertz CT molecular complexity index is 652. The van der Waals surface area contributed by atoms with Crippen LogP contribution in [0.3, 0.4) is 0 Å². The summed E-state index contributed by atoms with van der Waals surface area (Å²) in [6.07, 6.45) is 4.67. The van der Waals surface area contributed by atoms with Crippen LogP contribution in [-0.2, 0) is 14.3 Å². The van der Waals surface area contributed by atoms with Crippen LogP contribution in [0.5, 0.6) is 0 Å². The molecule has 1 saturated carbocycles. The normalized spacial score (nSPS) is 21.1. The molecule has 6 nitrogen and oxygen atoms in total. The molecule has 0 unspecified atom stereocenters. The summed E-state index contributed by atoms with van der Waals surface area (Å²) in [7, 11) is 1.31. The van der Waals surface area contributed by atoms with Gasteiger partial charge in [0.25, 0.3) is 0 Å². The van der Waals surface area contributed by atoms with Crippen molar-refractivity contribution in [2.24, 2.45) is 5.92 Å². The Kier molecular flexibility index (Phi) is 4.83. The molecule has 1 N–H and O–H groups in total. The number of amides is 2. The number of ether oxygens (including phenoxy) is 1. The van der Waals surface area contributed by atoms with E-state index in [0.29, 0.717) is 23.8 Å². The highest BCUT2D eigenvalue weighted by molar-refractivity contribution is 5.98. The van der Waals surface area contributed by atoms with Gasteiger partial charge in [0.2, 0.25) is 11.8 Å². The van der Waals surface area contributed by atoms with Gasteiger partial charge in [0.1, 0.15) is 0 Å². The van der Waals surface area contributed by atoms with E-state index in [1.54, 1.807) is 24.3 Å². The number of anilines is 1. The molecule has 0 spiro atoms. The summed E-state index contributed by atoms with van der Waals surface area (Å²) >= 11 is 0. The summed E-state index contributed by atoms with van der Waals surface area (Å²) in [5.74, 6) is -0.884. The summed E-state index contributed by atoms with van der Waals surface area (Å²) in [5.41, 5.74) is 0.917. The zero-order valence-corrected chi connectivity index (χ0v) is 13.8. The molecule has 3 rings (SSSR count). The molecule has 1 aromatic rings. The van der Waals surface area contributed by atoms with Gasteiger partial charge in [-0.05, 0) is 31.0 Å². The molecule has 1 aromatic carbocycles. The lowest BCUT2D eigenvalue weighted by atomic mass is 10.1. The maximum atomic E-state index is 12.5. The van der Waals surface area contributed by atoms with Crippen LogP contribution in [0, 0.1) is 5.92 Å². The van der Waals surface area contributed by atoms with E-state index >= 15 is 0 Å². The summed E-state index contributed by atoms with van der Waals surface area (Å²) in [6, 6.07) is 6.91. The van der Waals surface area contributed by atoms with Gasteiger partial charge in [-0.1, -0.05) is 18.9 Å².